The van der Waals surface area contributed by atoms with Gasteiger partial charge < -0.3 is 5.32 Å². The van der Waals surface area contributed by atoms with Gasteiger partial charge in [0.15, 0.2) is 0 Å². The summed E-state index contributed by atoms with van der Waals surface area (Å²) in [6.45, 7) is 0. The topological polar surface area (TPSA) is 37.8 Å². The first kappa shape index (κ1) is 14.4. The summed E-state index contributed by atoms with van der Waals surface area (Å²) >= 11 is 1.87. The van der Waals surface area contributed by atoms with Crippen molar-refractivity contribution in [1.82, 2.24) is 9.97 Å². The Morgan fingerprint density at radius 3 is 3.05 bits per heavy atom. The maximum Gasteiger partial charge on any atom is 0.0694 e. The van der Waals surface area contributed by atoms with Gasteiger partial charge in [0.05, 0.1) is 11.6 Å². The molecule has 0 unspecified atom stereocenters. The van der Waals surface area contributed by atoms with E-state index in [0.717, 1.165) is 23.1 Å². The number of thioether (sulfide) groups is 1. The van der Waals surface area contributed by atoms with Gasteiger partial charge in [0.2, 0.25) is 0 Å². The fourth-order valence-electron chi connectivity index (χ4n) is 1.74. The van der Waals surface area contributed by atoms with Crippen molar-refractivity contribution in [3.05, 3.63) is 48.0 Å². The zero-order valence-electron chi connectivity index (χ0n) is 10.6. The molecule has 0 saturated heterocycles. The lowest BCUT2D eigenvalue weighted by atomic mass is 10.2. The van der Waals surface area contributed by atoms with Crippen LogP contribution in [0.5, 0.6) is 0 Å². The second-order valence-corrected chi connectivity index (χ2v) is 9.33. The van der Waals surface area contributed by atoms with Crippen LogP contribution in [0.3, 0.4) is 0 Å². The predicted molar refractivity (Wildman–Crippen MR) is 93.0 cm³/mol. The van der Waals surface area contributed by atoms with Crippen molar-refractivity contribution in [1.29, 1.82) is 0 Å². The van der Waals surface area contributed by atoms with Gasteiger partial charge >= 0.3 is 0 Å². The van der Waals surface area contributed by atoms with Crippen LogP contribution in [0.1, 0.15) is 11.3 Å². The van der Waals surface area contributed by atoms with E-state index < -0.39 is 0 Å². The number of benzene rings is 1. The lowest BCUT2D eigenvalue weighted by Gasteiger charge is -2.04. The molecule has 1 N–H and O–H groups in total. The van der Waals surface area contributed by atoms with Crippen molar-refractivity contribution >= 4 is 48.9 Å². The first-order valence-corrected chi connectivity index (χ1v) is 10.9. The highest BCUT2D eigenvalue weighted by molar-refractivity contribution is 9.09. The van der Waals surface area contributed by atoms with Gasteiger partial charge in [0, 0.05) is 40.7 Å². The maximum absolute atomic E-state index is 4.26. The SMILES string of the molecule is c1cnc(CSSSCc2ccc3c(c2)NCS3)cn1. The van der Waals surface area contributed by atoms with E-state index in [1.807, 2.05) is 49.4 Å². The average Bonchev–Trinajstić information content (AvgIpc) is 2.95. The van der Waals surface area contributed by atoms with Gasteiger partial charge in [-0.15, -0.1) is 11.8 Å². The van der Waals surface area contributed by atoms with Crippen molar-refractivity contribution in [2.45, 2.75) is 16.4 Å². The first-order valence-electron chi connectivity index (χ1n) is 6.07. The molecule has 2 heterocycles. The van der Waals surface area contributed by atoms with Crippen LogP contribution in [-0.2, 0) is 11.5 Å². The summed E-state index contributed by atoms with van der Waals surface area (Å²) in [6, 6.07) is 6.70. The summed E-state index contributed by atoms with van der Waals surface area (Å²) in [5.41, 5.74) is 3.69. The van der Waals surface area contributed by atoms with E-state index in [1.54, 1.807) is 12.4 Å². The lowest BCUT2D eigenvalue weighted by molar-refractivity contribution is 1.10. The Bertz CT molecular complexity index is 565. The molecule has 1 aromatic heterocycles. The zero-order valence-corrected chi connectivity index (χ0v) is 13.9. The molecule has 0 aliphatic carbocycles. The molecule has 0 saturated carbocycles. The molecule has 1 aliphatic rings. The highest BCUT2D eigenvalue weighted by atomic mass is 33.5. The summed E-state index contributed by atoms with van der Waals surface area (Å²) in [4.78, 5) is 9.69. The van der Waals surface area contributed by atoms with Gasteiger partial charge in [0.25, 0.3) is 0 Å². The highest BCUT2D eigenvalue weighted by Gasteiger charge is 2.10. The third-order valence-corrected chi connectivity index (χ3v) is 7.71. The fraction of sp³-hybridized carbons (Fsp3) is 0.231. The van der Waals surface area contributed by atoms with Gasteiger partial charge in [-0.05, 0) is 27.5 Å². The minimum absolute atomic E-state index is 0.897. The summed E-state index contributed by atoms with van der Waals surface area (Å²) in [5.74, 6) is 2.92. The van der Waals surface area contributed by atoms with E-state index >= 15 is 0 Å². The molecule has 0 bridgehead atoms. The van der Waals surface area contributed by atoms with Crippen LogP contribution in [0.2, 0.25) is 0 Å². The monoisotopic (exact) mass is 339 g/mol. The highest BCUT2D eigenvalue weighted by Crippen LogP contribution is 2.40. The van der Waals surface area contributed by atoms with Gasteiger partial charge in [-0.25, -0.2) is 0 Å². The van der Waals surface area contributed by atoms with Crippen LogP contribution in [0.4, 0.5) is 5.69 Å². The van der Waals surface area contributed by atoms with Gasteiger partial charge in [-0.1, -0.05) is 27.7 Å². The molecule has 0 spiro atoms. The van der Waals surface area contributed by atoms with Crippen LogP contribution in [0.15, 0.2) is 41.7 Å². The second kappa shape index (κ2) is 7.49. The molecule has 1 aromatic carbocycles. The fourth-order valence-corrected chi connectivity index (χ4v) is 6.06. The summed E-state index contributed by atoms with van der Waals surface area (Å²) in [5, 5.41) is 3.39. The van der Waals surface area contributed by atoms with Gasteiger partial charge in [-0.2, -0.15) is 0 Å². The summed E-state index contributed by atoms with van der Waals surface area (Å²) < 4.78 is 0. The number of nitrogens with one attached hydrogen (secondary N) is 1. The van der Waals surface area contributed by atoms with Crippen LogP contribution < -0.4 is 5.32 Å². The molecule has 20 heavy (non-hydrogen) atoms. The number of hydrogen-bond donors (Lipinski definition) is 1. The average molecular weight is 340 g/mol. The number of nitrogens with zero attached hydrogens (tertiary/aromatic N) is 2. The maximum atomic E-state index is 4.26. The quantitative estimate of drug-likeness (QED) is 0.605. The van der Waals surface area contributed by atoms with E-state index in [-0.39, 0.29) is 0 Å². The molecular weight excluding hydrogens is 326 g/mol. The first-order chi connectivity index (χ1) is 9.92. The molecule has 0 atom stereocenters. The number of aromatic nitrogens is 2. The molecule has 3 rings (SSSR count). The molecule has 0 fully saturated rings. The molecule has 1 aliphatic heterocycles. The Kier molecular flexibility index (Phi) is 5.41. The predicted octanol–water partition coefficient (Wildman–Crippen LogP) is 4.68. The van der Waals surface area contributed by atoms with Gasteiger partial charge in [0.1, 0.15) is 0 Å². The van der Waals surface area contributed by atoms with Crippen LogP contribution in [0, 0.1) is 0 Å². The third kappa shape index (κ3) is 4.00. The van der Waals surface area contributed by atoms with Gasteiger partial charge in [-0.3, -0.25) is 9.97 Å². The minimum Gasteiger partial charge on any atom is -0.375 e. The Balaban J connectivity index is 1.40. The van der Waals surface area contributed by atoms with Crippen molar-refractivity contribution in [3.63, 3.8) is 0 Å². The molecule has 2 aromatic rings. The molecule has 7 heteroatoms. The second-order valence-electron chi connectivity index (χ2n) is 4.09. The van der Waals surface area contributed by atoms with Crippen molar-refractivity contribution in [2.24, 2.45) is 0 Å². The van der Waals surface area contributed by atoms with Crippen LogP contribution in [0.25, 0.3) is 0 Å². The van der Waals surface area contributed by atoms with E-state index in [2.05, 4.69) is 33.5 Å². The number of fused-ring (bicyclic) bond motifs is 1. The normalized spacial score (nSPS) is 13.0. The number of rotatable bonds is 6. The van der Waals surface area contributed by atoms with Crippen molar-refractivity contribution in [2.75, 3.05) is 11.2 Å². The van der Waals surface area contributed by atoms with E-state index in [1.165, 1.54) is 16.1 Å². The van der Waals surface area contributed by atoms with Crippen molar-refractivity contribution in [3.8, 4) is 0 Å². The minimum atomic E-state index is 0.897. The van der Waals surface area contributed by atoms with Crippen molar-refractivity contribution < 1.29 is 0 Å². The Hall–Kier alpha value is -0.500. The lowest BCUT2D eigenvalue weighted by Crippen LogP contribution is -1.89. The van der Waals surface area contributed by atoms with E-state index in [9.17, 15) is 0 Å². The number of anilines is 1. The Labute approximate surface area is 134 Å². The largest absolute Gasteiger partial charge is 0.375 e. The smallest absolute Gasteiger partial charge is 0.0694 e. The number of hydrogen-bond acceptors (Lipinski definition) is 7. The summed E-state index contributed by atoms with van der Waals surface area (Å²) in [7, 11) is 5.49. The third-order valence-electron chi connectivity index (χ3n) is 2.68. The molecule has 0 radical (unpaired) electrons. The standard InChI is InChI=1S/C13H13N3S4/c1-2-13-12(16-9-17-13)5-10(1)7-18-20-19-8-11-6-14-3-4-15-11/h1-6,16H,7-9H2. The van der Waals surface area contributed by atoms with E-state index in [0.29, 0.717) is 0 Å². The van der Waals surface area contributed by atoms with Crippen LogP contribution in [-0.4, -0.2) is 15.8 Å². The Morgan fingerprint density at radius 2 is 2.15 bits per heavy atom. The Morgan fingerprint density at radius 1 is 1.20 bits per heavy atom. The molecule has 104 valence electrons. The van der Waals surface area contributed by atoms with Crippen LogP contribution >= 0.6 is 43.2 Å². The molecule has 3 nitrogen and oxygen atoms in total. The summed E-state index contributed by atoms with van der Waals surface area (Å²) in [6.07, 6.45) is 5.27. The van der Waals surface area contributed by atoms with E-state index in [4.69, 9.17) is 0 Å². The molecular formula is C13H13N3S4. The zero-order chi connectivity index (χ0) is 13.6. The molecule has 0 amide bonds.